The normalized spacial score (nSPS) is 11.4. The summed E-state index contributed by atoms with van der Waals surface area (Å²) in [5.41, 5.74) is 2.07. The van der Waals surface area contributed by atoms with E-state index in [-0.39, 0.29) is 17.9 Å². The average molecular weight is 385 g/mol. The van der Waals surface area contributed by atoms with E-state index in [2.05, 4.69) is 31.1 Å². The molecule has 142 valence electrons. The van der Waals surface area contributed by atoms with Gasteiger partial charge < -0.3 is 9.47 Å². The molecule has 6 heteroatoms. The summed E-state index contributed by atoms with van der Waals surface area (Å²) in [6, 6.07) is 13.6. The van der Waals surface area contributed by atoms with Gasteiger partial charge in [-0.2, -0.15) is 0 Å². The van der Waals surface area contributed by atoms with E-state index in [4.69, 9.17) is 9.47 Å². The van der Waals surface area contributed by atoms with Gasteiger partial charge in [-0.1, -0.05) is 50.3 Å². The zero-order chi connectivity index (χ0) is 19.4. The molecule has 0 saturated carbocycles. The number of hydrogen-bond acceptors (Lipinski definition) is 5. The third-order valence-corrected chi connectivity index (χ3v) is 4.95. The lowest BCUT2D eigenvalue weighted by Crippen LogP contribution is -2.20. The maximum Gasteiger partial charge on any atom is 0.264 e. The minimum Gasteiger partial charge on any atom is -0.492 e. The number of benzene rings is 2. The number of para-hydroxylation sites is 1. The highest BCUT2D eigenvalue weighted by Crippen LogP contribution is 2.32. The van der Waals surface area contributed by atoms with Crippen molar-refractivity contribution in [2.24, 2.45) is 0 Å². The summed E-state index contributed by atoms with van der Waals surface area (Å²) in [6.07, 6.45) is 0. The van der Waals surface area contributed by atoms with Crippen LogP contribution in [0.3, 0.4) is 0 Å². The first-order chi connectivity index (χ1) is 12.9. The van der Waals surface area contributed by atoms with E-state index >= 15 is 0 Å². The molecule has 3 rings (SSSR count). The largest absolute Gasteiger partial charge is 0.492 e. The molecular formula is C21H24N2O3S. The molecule has 0 aliphatic rings. The van der Waals surface area contributed by atoms with E-state index in [1.54, 1.807) is 0 Å². The van der Waals surface area contributed by atoms with Crippen molar-refractivity contribution in [3.63, 3.8) is 0 Å². The Balaban J connectivity index is 1.61. The van der Waals surface area contributed by atoms with E-state index in [9.17, 15) is 4.79 Å². The van der Waals surface area contributed by atoms with Gasteiger partial charge in [-0.15, -0.1) is 0 Å². The molecule has 1 aromatic heterocycles. The first-order valence-corrected chi connectivity index (χ1v) is 9.74. The Morgan fingerprint density at radius 3 is 2.52 bits per heavy atom. The van der Waals surface area contributed by atoms with Crippen molar-refractivity contribution in [1.29, 1.82) is 0 Å². The smallest absolute Gasteiger partial charge is 0.264 e. The topological polar surface area (TPSA) is 60.5 Å². The first kappa shape index (κ1) is 19.2. The first-order valence-electron chi connectivity index (χ1n) is 8.92. The highest BCUT2D eigenvalue weighted by molar-refractivity contribution is 7.22. The van der Waals surface area contributed by atoms with Crippen molar-refractivity contribution in [2.45, 2.75) is 33.1 Å². The third-order valence-electron chi connectivity index (χ3n) is 4.02. The summed E-state index contributed by atoms with van der Waals surface area (Å²) in [5, 5.41) is 3.33. The van der Waals surface area contributed by atoms with Gasteiger partial charge in [0.1, 0.15) is 17.0 Å². The molecule has 0 atom stereocenters. The summed E-state index contributed by atoms with van der Waals surface area (Å²) in [5.74, 6) is 1.15. The fraction of sp³-hybridized carbons (Fsp3) is 0.333. The van der Waals surface area contributed by atoms with Crippen LogP contribution in [0.4, 0.5) is 5.13 Å². The van der Waals surface area contributed by atoms with Gasteiger partial charge in [0.25, 0.3) is 5.91 Å². The number of carbonyl (C=O) groups excluding carboxylic acids is 1. The molecule has 1 N–H and O–H groups in total. The van der Waals surface area contributed by atoms with Crippen LogP contribution in [0.15, 0.2) is 42.5 Å². The molecule has 5 nitrogen and oxygen atoms in total. The predicted molar refractivity (Wildman–Crippen MR) is 110 cm³/mol. The standard InChI is InChI=1S/C21H24N2O3S/c1-5-25-16-7-6-8-17-19(16)23-20(27-17)22-18(24)13-26-15-11-9-14(10-12-15)21(2,3)4/h6-12H,5,13H2,1-4H3,(H,22,23,24). The van der Waals surface area contributed by atoms with Gasteiger partial charge in [0, 0.05) is 0 Å². The molecule has 27 heavy (non-hydrogen) atoms. The van der Waals surface area contributed by atoms with Gasteiger partial charge in [-0.05, 0) is 42.2 Å². The second-order valence-electron chi connectivity index (χ2n) is 7.17. The number of anilines is 1. The molecule has 3 aromatic rings. The summed E-state index contributed by atoms with van der Waals surface area (Å²) >= 11 is 1.41. The summed E-state index contributed by atoms with van der Waals surface area (Å²) in [6.45, 7) is 8.91. The molecule has 1 heterocycles. The molecule has 0 saturated heterocycles. The van der Waals surface area contributed by atoms with Crippen molar-refractivity contribution < 1.29 is 14.3 Å². The van der Waals surface area contributed by atoms with Crippen LogP contribution in [0, 0.1) is 0 Å². The number of nitrogens with zero attached hydrogens (tertiary/aromatic N) is 1. The van der Waals surface area contributed by atoms with Crippen LogP contribution in [0.25, 0.3) is 10.2 Å². The van der Waals surface area contributed by atoms with Crippen molar-refractivity contribution in [3.05, 3.63) is 48.0 Å². The third kappa shape index (κ3) is 4.77. The van der Waals surface area contributed by atoms with Crippen LogP contribution in [-0.2, 0) is 10.2 Å². The van der Waals surface area contributed by atoms with Crippen molar-refractivity contribution >= 4 is 32.6 Å². The molecule has 0 spiro atoms. The van der Waals surface area contributed by atoms with Gasteiger partial charge in [0.15, 0.2) is 11.7 Å². The second kappa shape index (κ2) is 7.96. The van der Waals surface area contributed by atoms with Crippen molar-refractivity contribution in [1.82, 2.24) is 4.98 Å². The lowest BCUT2D eigenvalue weighted by molar-refractivity contribution is -0.118. The van der Waals surface area contributed by atoms with Crippen LogP contribution >= 0.6 is 11.3 Å². The van der Waals surface area contributed by atoms with E-state index in [0.29, 0.717) is 17.5 Å². The number of amides is 1. The van der Waals surface area contributed by atoms with Gasteiger partial charge in [0.05, 0.1) is 11.3 Å². The number of aromatic nitrogens is 1. The van der Waals surface area contributed by atoms with Crippen LogP contribution in [0.2, 0.25) is 0 Å². The van der Waals surface area contributed by atoms with Gasteiger partial charge in [-0.25, -0.2) is 4.98 Å². The molecule has 0 unspecified atom stereocenters. The molecule has 1 amide bonds. The number of thiazole rings is 1. The molecule has 0 radical (unpaired) electrons. The number of fused-ring (bicyclic) bond motifs is 1. The van der Waals surface area contributed by atoms with Gasteiger partial charge in [0.2, 0.25) is 0 Å². The molecule has 0 aliphatic heterocycles. The van der Waals surface area contributed by atoms with E-state index in [1.807, 2.05) is 49.4 Å². The Kier molecular flexibility index (Phi) is 5.65. The zero-order valence-corrected chi connectivity index (χ0v) is 16.9. The van der Waals surface area contributed by atoms with Crippen LogP contribution in [0.1, 0.15) is 33.3 Å². The summed E-state index contributed by atoms with van der Waals surface area (Å²) in [7, 11) is 0. The van der Waals surface area contributed by atoms with Crippen molar-refractivity contribution in [2.75, 3.05) is 18.5 Å². The predicted octanol–water partition coefficient (Wildman–Crippen LogP) is 5.01. The van der Waals surface area contributed by atoms with Gasteiger partial charge in [-0.3, -0.25) is 10.1 Å². The molecule has 2 aromatic carbocycles. The number of hydrogen-bond donors (Lipinski definition) is 1. The van der Waals surface area contributed by atoms with Crippen LogP contribution < -0.4 is 14.8 Å². The Morgan fingerprint density at radius 1 is 1.11 bits per heavy atom. The maximum absolute atomic E-state index is 12.2. The molecule has 0 fully saturated rings. The maximum atomic E-state index is 12.2. The minimum atomic E-state index is -0.244. The monoisotopic (exact) mass is 384 g/mol. The number of rotatable bonds is 6. The van der Waals surface area contributed by atoms with Gasteiger partial charge >= 0.3 is 0 Å². The second-order valence-corrected chi connectivity index (χ2v) is 8.20. The Morgan fingerprint density at radius 2 is 1.85 bits per heavy atom. The summed E-state index contributed by atoms with van der Waals surface area (Å²) in [4.78, 5) is 16.7. The molecular weight excluding hydrogens is 360 g/mol. The van der Waals surface area contributed by atoms with Crippen LogP contribution in [-0.4, -0.2) is 24.1 Å². The quantitative estimate of drug-likeness (QED) is 0.649. The van der Waals surface area contributed by atoms with Crippen LogP contribution in [0.5, 0.6) is 11.5 Å². The SMILES string of the molecule is CCOc1cccc2sc(NC(=O)COc3ccc(C(C)(C)C)cc3)nc12. The summed E-state index contributed by atoms with van der Waals surface area (Å²) < 4.78 is 12.1. The van der Waals surface area contributed by atoms with E-state index in [0.717, 1.165) is 16.0 Å². The lowest BCUT2D eigenvalue weighted by atomic mass is 9.87. The van der Waals surface area contributed by atoms with E-state index in [1.165, 1.54) is 16.9 Å². The highest BCUT2D eigenvalue weighted by atomic mass is 32.1. The molecule has 0 bridgehead atoms. The number of carbonyl (C=O) groups is 1. The lowest BCUT2D eigenvalue weighted by Gasteiger charge is -2.19. The Labute approximate surface area is 163 Å². The number of nitrogens with one attached hydrogen (secondary N) is 1. The minimum absolute atomic E-state index is 0.0664. The Hall–Kier alpha value is -2.60. The fourth-order valence-corrected chi connectivity index (χ4v) is 3.50. The van der Waals surface area contributed by atoms with Crippen molar-refractivity contribution in [3.8, 4) is 11.5 Å². The van der Waals surface area contributed by atoms with E-state index < -0.39 is 0 Å². The highest BCUT2D eigenvalue weighted by Gasteiger charge is 2.14. The molecule has 0 aliphatic carbocycles. The average Bonchev–Trinajstić information content (AvgIpc) is 3.03. The number of ether oxygens (including phenoxy) is 2. The Bertz CT molecular complexity index is 927. The fourth-order valence-electron chi connectivity index (χ4n) is 2.60. The zero-order valence-electron chi connectivity index (χ0n) is 16.0.